The summed E-state index contributed by atoms with van der Waals surface area (Å²) >= 11 is 0. The van der Waals surface area contributed by atoms with E-state index in [4.69, 9.17) is 20.2 Å². The number of benzene rings is 6. The summed E-state index contributed by atoms with van der Waals surface area (Å²) in [5, 5.41) is 9.05. The molecule has 0 radical (unpaired) electrons. The first-order valence-electron chi connectivity index (χ1n) is 14.4. The van der Waals surface area contributed by atoms with E-state index in [-0.39, 0.29) is 0 Å². The van der Waals surface area contributed by atoms with Crippen LogP contribution in [-0.4, -0.2) is 15.0 Å². The Morgan fingerprint density at radius 2 is 0.545 bits per heavy atom. The lowest BCUT2D eigenvalue weighted by Crippen LogP contribution is -2.00. The fourth-order valence-corrected chi connectivity index (χ4v) is 5.20. The van der Waals surface area contributed by atoms with Crippen LogP contribution in [-0.2, 0) is 0 Å². The van der Waals surface area contributed by atoms with Crippen molar-refractivity contribution in [1.29, 1.82) is 5.26 Å². The number of hydrogen-bond donors (Lipinski definition) is 0. The first-order valence-corrected chi connectivity index (χ1v) is 14.4. The quantitative estimate of drug-likeness (QED) is 0.202. The summed E-state index contributed by atoms with van der Waals surface area (Å²) in [6.07, 6.45) is 0. The monoisotopic (exact) mass is 562 g/mol. The molecule has 0 aliphatic rings. The van der Waals surface area contributed by atoms with E-state index in [9.17, 15) is 0 Å². The van der Waals surface area contributed by atoms with Gasteiger partial charge in [-0.05, 0) is 45.5 Å². The highest BCUT2D eigenvalue weighted by Crippen LogP contribution is 2.30. The van der Waals surface area contributed by atoms with Gasteiger partial charge in [-0.2, -0.15) is 5.26 Å². The van der Waals surface area contributed by atoms with Crippen LogP contribution in [0, 0.1) is 11.3 Å². The number of aromatic nitrogens is 3. The molecule has 44 heavy (non-hydrogen) atoms. The van der Waals surface area contributed by atoms with Crippen LogP contribution in [0.25, 0.3) is 67.5 Å². The second kappa shape index (κ2) is 12.0. The minimum Gasteiger partial charge on any atom is -0.208 e. The molecule has 0 aliphatic heterocycles. The van der Waals surface area contributed by atoms with Crippen LogP contribution in [0.2, 0.25) is 0 Å². The lowest BCUT2D eigenvalue weighted by atomic mass is 9.97. The van der Waals surface area contributed by atoms with E-state index in [1.54, 1.807) is 0 Å². The van der Waals surface area contributed by atoms with Gasteiger partial charge in [-0.1, -0.05) is 146 Å². The van der Waals surface area contributed by atoms with Crippen molar-refractivity contribution >= 4 is 0 Å². The van der Waals surface area contributed by atoms with Gasteiger partial charge in [0.25, 0.3) is 0 Å². The molecule has 0 atom stereocenters. The van der Waals surface area contributed by atoms with Gasteiger partial charge in [0.15, 0.2) is 17.5 Å². The van der Waals surface area contributed by atoms with Gasteiger partial charge in [-0.15, -0.1) is 0 Å². The summed E-state index contributed by atoms with van der Waals surface area (Å²) in [5.74, 6) is 1.95. The Hall–Kier alpha value is -6.18. The topological polar surface area (TPSA) is 62.5 Å². The van der Waals surface area contributed by atoms with Crippen LogP contribution in [0.4, 0.5) is 0 Å². The lowest BCUT2D eigenvalue weighted by Gasteiger charge is -2.09. The third-order valence-electron chi connectivity index (χ3n) is 7.63. The van der Waals surface area contributed by atoms with Gasteiger partial charge in [0.05, 0.1) is 11.6 Å². The summed E-state index contributed by atoms with van der Waals surface area (Å²) < 4.78 is 0. The highest BCUT2D eigenvalue weighted by atomic mass is 15.0. The third-order valence-corrected chi connectivity index (χ3v) is 7.63. The lowest BCUT2D eigenvalue weighted by molar-refractivity contribution is 1.07. The van der Waals surface area contributed by atoms with Crippen LogP contribution >= 0.6 is 0 Å². The second-order valence-corrected chi connectivity index (χ2v) is 10.5. The molecule has 6 aromatic carbocycles. The molecule has 0 saturated heterocycles. The van der Waals surface area contributed by atoms with Gasteiger partial charge in [-0.3, -0.25) is 0 Å². The summed E-state index contributed by atoms with van der Waals surface area (Å²) in [4.78, 5) is 14.5. The Bertz CT molecular complexity index is 2000. The van der Waals surface area contributed by atoms with E-state index in [1.807, 2.05) is 84.9 Å². The largest absolute Gasteiger partial charge is 0.208 e. The van der Waals surface area contributed by atoms with Gasteiger partial charge in [0.2, 0.25) is 0 Å². The molecule has 0 amide bonds. The van der Waals surface area contributed by atoms with Crippen molar-refractivity contribution in [1.82, 2.24) is 15.0 Å². The van der Waals surface area contributed by atoms with Crippen LogP contribution < -0.4 is 0 Å². The Morgan fingerprint density at radius 1 is 0.295 bits per heavy atom. The average molecular weight is 563 g/mol. The maximum Gasteiger partial charge on any atom is 0.164 e. The molecule has 7 aromatic rings. The molecule has 1 aromatic heterocycles. The summed E-state index contributed by atoms with van der Waals surface area (Å²) in [6, 6.07) is 55.4. The van der Waals surface area contributed by atoms with E-state index in [1.165, 1.54) is 0 Å². The SMILES string of the molecule is N#Cc1ccc(-c2ccc(-c3ccc(-c4ccc(-c5nc(-c6ccccc6)nc(-c6ccccc6)n5)cc4)cc3)cc2)cc1. The summed E-state index contributed by atoms with van der Waals surface area (Å²) in [6.45, 7) is 0. The summed E-state index contributed by atoms with van der Waals surface area (Å²) in [7, 11) is 0. The van der Waals surface area contributed by atoms with E-state index in [2.05, 4.69) is 78.9 Å². The predicted octanol–water partition coefficient (Wildman–Crippen LogP) is 9.75. The number of hydrogen-bond acceptors (Lipinski definition) is 4. The Kier molecular flexibility index (Phi) is 7.26. The first-order chi connectivity index (χ1) is 21.7. The molecule has 0 aliphatic carbocycles. The Morgan fingerprint density at radius 3 is 0.841 bits per heavy atom. The van der Waals surface area contributed by atoms with Crippen molar-refractivity contribution in [2.75, 3.05) is 0 Å². The van der Waals surface area contributed by atoms with Crippen molar-refractivity contribution in [2.45, 2.75) is 0 Å². The van der Waals surface area contributed by atoms with Crippen molar-refractivity contribution in [2.24, 2.45) is 0 Å². The molecule has 0 saturated carbocycles. The van der Waals surface area contributed by atoms with Crippen molar-refractivity contribution in [3.05, 3.63) is 163 Å². The Labute approximate surface area is 256 Å². The first kappa shape index (κ1) is 26.7. The zero-order valence-electron chi connectivity index (χ0n) is 23.8. The molecular weight excluding hydrogens is 536 g/mol. The maximum absolute atomic E-state index is 9.05. The standard InChI is InChI=1S/C40H26N4/c41-27-28-11-13-29(14-12-28)30-15-17-31(18-16-30)32-19-21-33(22-20-32)34-23-25-37(26-24-34)40-43-38(35-7-3-1-4-8-35)42-39(44-40)36-9-5-2-6-10-36/h1-26H. The smallest absolute Gasteiger partial charge is 0.164 e. The van der Waals surface area contributed by atoms with Gasteiger partial charge in [-0.25, -0.2) is 15.0 Å². The molecule has 1 heterocycles. The maximum atomic E-state index is 9.05. The molecule has 0 bridgehead atoms. The molecule has 4 nitrogen and oxygen atoms in total. The van der Waals surface area contributed by atoms with E-state index in [0.717, 1.165) is 50.1 Å². The van der Waals surface area contributed by atoms with E-state index in [0.29, 0.717) is 23.0 Å². The zero-order valence-corrected chi connectivity index (χ0v) is 23.8. The highest BCUT2D eigenvalue weighted by Gasteiger charge is 2.12. The van der Waals surface area contributed by atoms with E-state index >= 15 is 0 Å². The zero-order chi connectivity index (χ0) is 29.7. The summed E-state index contributed by atoms with van der Waals surface area (Å²) in [5.41, 5.74) is 10.3. The van der Waals surface area contributed by atoms with E-state index < -0.39 is 0 Å². The average Bonchev–Trinajstić information content (AvgIpc) is 3.12. The molecule has 0 N–H and O–H groups in total. The molecule has 0 spiro atoms. The fraction of sp³-hybridized carbons (Fsp3) is 0. The van der Waals surface area contributed by atoms with Gasteiger partial charge < -0.3 is 0 Å². The molecule has 0 fully saturated rings. The van der Waals surface area contributed by atoms with Gasteiger partial charge in [0.1, 0.15) is 0 Å². The van der Waals surface area contributed by atoms with Gasteiger partial charge in [0, 0.05) is 16.7 Å². The van der Waals surface area contributed by atoms with Gasteiger partial charge >= 0.3 is 0 Å². The van der Waals surface area contributed by atoms with Crippen molar-refractivity contribution in [3.63, 3.8) is 0 Å². The van der Waals surface area contributed by atoms with Crippen molar-refractivity contribution in [3.8, 4) is 73.6 Å². The number of nitriles is 1. The predicted molar refractivity (Wildman–Crippen MR) is 177 cm³/mol. The Balaban J connectivity index is 1.13. The molecule has 206 valence electrons. The number of rotatable bonds is 6. The minimum absolute atomic E-state index is 0.643. The normalized spacial score (nSPS) is 10.7. The van der Waals surface area contributed by atoms with Crippen LogP contribution in [0.3, 0.4) is 0 Å². The highest BCUT2D eigenvalue weighted by molar-refractivity contribution is 5.75. The number of nitrogens with zero attached hydrogens (tertiary/aromatic N) is 4. The fourth-order valence-electron chi connectivity index (χ4n) is 5.20. The van der Waals surface area contributed by atoms with Crippen LogP contribution in [0.5, 0.6) is 0 Å². The molecule has 4 heteroatoms. The molecular formula is C40H26N4. The van der Waals surface area contributed by atoms with Crippen molar-refractivity contribution < 1.29 is 0 Å². The molecule has 7 rings (SSSR count). The van der Waals surface area contributed by atoms with Crippen LogP contribution in [0.15, 0.2) is 158 Å². The molecule has 0 unspecified atom stereocenters. The van der Waals surface area contributed by atoms with Crippen LogP contribution in [0.1, 0.15) is 5.56 Å². The third kappa shape index (κ3) is 5.63. The minimum atomic E-state index is 0.643. The second-order valence-electron chi connectivity index (χ2n) is 10.5.